The first-order valence-electron chi connectivity index (χ1n) is 1.41. The third-order valence-corrected chi connectivity index (χ3v) is 0.253. The third-order valence-electron chi connectivity index (χ3n) is 0.253. The number of urea groups is 1. The number of nitrogens with one attached hydrogen (secondary N) is 1. The smallest absolute Gasteiger partial charge is 0.313 e. The molecule has 0 aliphatic heterocycles. The van der Waals surface area contributed by atoms with Gasteiger partial charge in [0.25, 0.3) is 0 Å². The SMILES string of the molecule is Cl.NC(=O)NCO. The Morgan fingerprint density at radius 2 is 2.29 bits per heavy atom. The Morgan fingerprint density at radius 3 is 2.29 bits per heavy atom. The van der Waals surface area contributed by atoms with E-state index in [0.717, 1.165) is 0 Å². The molecule has 0 spiro atoms. The van der Waals surface area contributed by atoms with E-state index in [2.05, 4.69) is 5.73 Å². The van der Waals surface area contributed by atoms with Gasteiger partial charge in [-0.3, -0.25) is 0 Å². The van der Waals surface area contributed by atoms with Crippen LogP contribution in [0.4, 0.5) is 4.79 Å². The number of nitrogens with two attached hydrogens (primary N) is 1. The molecule has 0 aromatic carbocycles. The molecule has 0 aromatic rings. The van der Waals surface area contributed by atoms with Gasteiger partial charge in [-0.2, -0.15) is 0 Å². The van der Waals surface area contributed by atoms with Crippen LogP contribution in [0.3, 0.4) is 0 Å². The van der Waals surface area contributed by atoms with Crippen LogP contribution >= 0.6 is 12.4 Å². The zero-order chi connectivity index (χ0) is 4.99. The zero-order valence-corrected chi connectivity index (χ0v) is 4.36. The maximum Gasteiger partial charge on any atom is 0.313 e. The van der Waals surface area contributed by atoms with Gasteiger partial charge in [0, 0.05) is 0 Å². The highest BCUT2D eigenvalue weighted by molar-refractivity contribution is 5.85. The molecule has 0 aromatic heterocycles. The van der Waals surface area contributed by atoms with Crippen LogP contribution in [0.25, 0.3) is 0 Å². The summed E-state index contributed by atoms with van der Waals surface area (Å²) in [5.41, 5.74) is 4.49. The molecule has 4 N–H and O–H groups in total. The van der Waals surface area contributed by atoms with Crippen molar-refractivity contribution in [3.05, 3.63) is 0 Å². The van der Waals surface area contributed by atoms with Gasteiger partial charge >= 0.3 is 6.03 Å². The van der Waals surface area contributed by atoms with Gasteiger partial charge in [-0.05, 0) is 0 Å². The van der Waals surface area contributed by atoms with Gasteiger partial charge in [-0.25, -0.2) is 4.79 Å². The Labute approximate surface area is 47.1 Å². The molecular formula is C2H7ClN2O2. The molecule has 0 unspecified atom stereocenters. The molecule has 7 heavy (non-hydrogen) atoms. The molecule has 0 heterocycles. The lowest BCUT2D eigenvalue weighted by Crippen LogP contribution is -2.29. The fraction of sp³-hybridized carbons (Fsp3) is 0.500. The van der Waals surface area contributed by atoms with Gasteiger partial charge in [-0.15, -0.1) is 12.4 Å². The molecule has 0 fully saturated rings. The van der Waals surface area contributed by atoms with Crippen LogP contribution in [-0.4, -0.2) is 17.9 Å². The van der Waals surface area contributed by atoms with Crippen LogP contribution in [0, 0.1) is 0 Å². The molecule has 0 aliphatic carbocycles. The number of carbonyl (C=O) groups is 1. The highest BCUT2D eigenvalue weighted by atomic mass is 35.5. The molecule has 5 heteroatoms. The van der Waals surface area contributed by atoms with E-state index in [1.807, 2.05) is 5.32 Å². The molecule has 0 rings (SSSR count). The minimum Gasteiger partial charge on any atom is -0.376 e. The Hall–Kier alpha value is -0.480. The first-order chi connectivity index (χ1) is 2.77. The van der Waals surface area contributed by atoms with E-state index in [-0.39, 0.29) is 12.4 Å². The molecule has 44 valence electrons. The van der Waals surface area contributed by atoms with Gasteiger partial charge in [0.05, 0.1) is 0 Å². The quantitative estimate of drug-likeness (QED) is 0.396. The maximum atomic E-state index is 9.55. The summed E-state index contributed by atoms with van der Waals surface area (Å²) in [5, 5.41) is 9.73. The van der Waals surface area contributed by atoms with E-state index in [1.54, 1.807) is 0 Å². The van der Waals surface area contributed by atoms with Crippen LogP contribution in [0.5, 0.6) is 0 Å². The average Bonchev–Trinajstić information content (AvgIpc) is 1.35. The van der Waals surface area contributed by atoms with Gasteiger partial charge in [0.1, 0.15) is 6.73 Å². The number of primary amides is 1. The van der Waals surface area contributed by atoms with Crippen LogP contribution in [0.15, 0.2) is 0 Å². The average molecular weight is 127 g/mol. The van der Waals surface area contributed by atoms with E-state index in [0.29, 0.717) is 0 Å². The van der Waals surface area contributed by atoms with Crippen molar-refractivity contribution in [2.75, 3.05) is 6.73 Å². The van der Waals surface area contributed by atoms with Crippen LogP contribution in [0.2, 0.25) is 0 Å². The summed E-state index contributed by atoms with van der Waals surface area (Å²) in [7, 11) is 0. The number of halogens is 1. The number of aliphatic hydroxyl groups excluding tert-OH is 1. The minimum absolute atomic E-state index is 0. The van der Waals surface area contributed by atoms with Crippen molar-refractivity contribution in [2.45, 2.75) is 0 Å². The summed E-state index contributed by atoms with van der Waals surface area (Å²) in [4.78, 5) is 9.55. The standard InChI is InChI=1S/C2H6N2O2.ClH/c3-2(6)4-1-5;/h5H,1H2,(H3,3,4,6);1H. The molecule has 0 radical (unpaired) electrons. The number of amides is 2. The van der Waals surface area contributed by atoms with Gasteiger partial charge < -0.3 is 16.2 Å². The van der Waals surface area contributed by atoms with Crippen molar-refractivity contribution < 1.29 is 9.90 Å². The second kappa shape index (κ2) is 5.52. The lowest BCUT2D eigenvalue weighted by atomic mass is 11.0. The van der Waals surface area contributed by atoms with E-state index in [1.165, 1.54) is 0 Å². The Bertz CT molecular complexity index is 57.7. The first-order valence-corrected chi connectivity index (χ1v) is 1.41. The Morgan fingerprint density at radius 1 is 1.86 bits per heavy atom. The molecule has 0 saturated heterocycles. The molecule has 0 aliphatic rings. The van der Waals surface area contributed by atoms with E-state index < -0.39 is 12.8 Å². The monoisotopic (exact) mass is 126 g/mol. The molecule has 4 nitrogen and oxygen atoms in total. The fourth-order valence-electron chi connectivity index (χ4n) is 0.0779. The molecule has 0 bridgehead atoms. The summed E-state index contributed by atoms with van der Waals surface area (Å²) in [6.07, 6.45) is 0. The predicted molar refractivity (Wildman–Crippen MR) is 27.1 cm³/mol. The first kappa shape index (κ1) is 9.72. The second-order valence-corrected chi connectivity index (χ2v) is 0.699. The maximum absolute atomic E-state index is 9.55. The van der Waals surface area contributed by atoms with Crippen molar-refractivity contribution in [3.8, 4) is 0 Å². The Kier molecular flexibility index (Phi) is 7.67. The van der Waals surface area contributed by atoms with Crippen molar-refractivity contribution in [2.24, 2.45) is 5.73 Å². The van der Waals surface area contributed by atoms with Crippen molar-refractivity contribution >= 4 is 18.4 Å². The van der Waals surface area contributed by atoms with Crippen molar-refractivity contribution in [1.82, 2.24) is 5.32 Å². The van der Waals surface area contributed by atoms with E-state index in [4.69, 9.17) is 5.11 Å². The lowest BCUT2D eigenvalue weighted by molar-refractivity contribution is 0.225. The number of hydrogen-bond acceptors (Lipinski definition) is 2. The lowest BCUT2D eigenvalue weighted by Gasteiger charge is -1.88. The normalized spacial score (nSPS) is 6.43. The molecule has 0 saturated carbocycles. The zero-order valence-electron chi connectivity index (χ0n) is 3.55. The molecule has 0 atom stereocenters. The van der Waals surface area contributed by atoms with Gasteiger partial charge in [-0.1, -0.05) is 0 Å². The van der Waals surface area contributed by atoms with Crippen molar-refractivity contribution in [3.63, 3.8) is 0 Å². The number of carbonyl (C=O) groups excluding carboxylic acids is 1. The predicted octanol–water partition coefficient (Wildman–Crippen LogP) is -0.974. The molecule has 2 amide bonds. The van der Waals surface area contributed by atoms with E-state index >= 15 is 0 Å². The van der Waals surface area contributed by atoms with Gasteiger partial charge in [0.15, 0.2) is 0 Å². The van der Waals surface area contributed by atoms with Crippen LogP contribution in [0.1, 0.15) is 0 Å². The van der Waals surface area contributed by atoms with Crippen LogP contribution < -0.4 is 11.1 Å². The van der Waals surface area contributed by atoms with Crippen LogP contribution in [-0.2, 0) is 0 Å². The summed E-state index contributed by atoms with van der Waals surface area (Å²) in [6.45, 7) is -0.394. The summed E-state index contributed by atoms with van der Waals surface area (Å²) < 4.78 is 0. The number of aliphatic hydroxyl groups is 1. The second-order valence-electron chi connectivity index (χ2n) is 0.699. The highest BCUT2D eigenvalue weighted by Crippen LogP contribution is 1.45. The highest BCUT2D eigenvalue weighted by Gasteiger charge is 1.80. The molecular weight excluding hydrogens is 119 g/mol. The summed E-state index contributed by atoms with van der Waals surface area (Å²) in [6, 6.07) is -0.711. The van der Waals surface area contributed by atoms with E-state index in [9.17, 15) is 4.79 Å². The summed E-state index contributed by atoms with van der Waals surface area (Å²) in [5.74, 6) is 0. The fourth-order valence-corrected chi connectivity index (χ4v) is 0.0779. The minimum atomic E-state index is -0.711. The number of rotatable bonds is 1. The van der Waals surface area contributed by atoms with Crippen molar-refractivity contribution in [1.29, 1.82) is 0 Å². The van der Waals surface area contributed by atoms with Gasteiger partial charge in [0.2, 0.25) is 0 Å². The summed E-state index contributed by atoms with van der Waals surface area (Å²) >= 11 is 0. The topological polar surface area (TPSA) is 75.4 Å². The third kappa shape index (κ3) is 10.8. The Balaban J connectivity index is 0. The number of hydrogen-bond donors (Lipinski definition) is 3. The largest absolute Gasteiger partial charge is 0.376 e.